The maximum absolute atomic E-state index is 12.7. The van der Waals surface area contributed by atoms with E-state index < -0.39 is 22.5 Å². The molecule has 32 heavy (non-hydrogen) atoms. The van der Waals surface area contributed by atoms with Crippen molar-refractivity contribution in [2.24, 2.45) is 0 Å². The zero-order chi connectivity index (χ0) is 24.1. The molecule has 0 heterocycles. The molecule has 0 bridgehead atoms. The van der Waals surface area contributed by atoms with Crippen LogP contribution in [-0.4, -0.2) is 64.0 Å². The Bertz CT molecular complexity index is 1100. The Morgan fingerprint density at radius 2 is 1.56 bits per heavy atom. The molecule has 2 aromatic rings. The van der Waals surface area contributed by atoms with Crippen molar-refractivity contribution in [2.75, 3.05) is 36.5 Å². The molecule has 0 aliphatic rings. The normalized spacial score (nSPS) is 11.1. The minimum atomic E-state index is -3.80. The summed E-state index contributed by atoms with van der Waals surface area (Å²) in [5.74, 6) is -1.19. The molecule has 0 atom stereocenters. The summed E-state index contributed by atoms with van der Waals surface area (Å²) < 4.78 is 25.6. The highest BCUT2D eigenvalue weighted by Gasteiger charge is 2.22. The van der Waals surface area contributed by atoms with Gasteiger partial charge in [0.05, 0.1) is 23.2 Å². The number of hydrogen-bond acceptors (Lipinski definition) is 5. The van der Waals surface area contributed by atoms with Gasteiger partial charge in [-0.2, -0.15) is 0 Å². The molecule has 172 valence electrons. The molecule has 0 radical (unpaired) electrons. The van der Waals surface area contributed by atoms with E-state index in [9.17, 15) is 22.8 Å². The summed E-state index contributed by atoms with van der Waals surface area (Å²) in [6.07, 6.45) is 0.989. The molecule has 9 nitrogen and oxygen atoms in total. The van der Waals surface area contributed by atoms with Gasteiger partial charge in [0.15, 0.2) is 0 Å². The first-order chi connectivity index (χ1) is 14.9. The van der Waals surface area contributed by atoms with E-state index in [0.29, 0.717) is 5.56 Å². The van der Waals surface area contributed by atoms with Crippen molar-refractivity contribution in [3.63, 3.8) is 0 Å². The molecule has 2 rings (SSSR count). The summed E-state index contributed by atoms with van der Waals surface area (Å²) in [7, 11) is -0.572. The number of amides is 3. The van der Waals surface area contributed by atoms with Crippen molar-refractivity contribution in [1.82, 2.24) is 10.2 Å². The fraction of sp³-hybridized carbons (Fsp3) is 0.318. The van der Waals surface area contributed by atoms with Crippen LogP contribution in [0.3, 0.4) is 0 Å². The Balaban J connectivity index is 2.24. The van der Waals surface area contributed by atoms with E-state index >= 15 is 0 Å². The number of para-hydroxylation sites is 1. The quantitative estimate of drug-likeness (QED) is 0.625. The number of benzene rings is 2. The van der Waals surface area contributed by atoms with E-state index in [1.54, 1.807) is 38.4 Å². The van der Waals surface area contributed by atoms with Crippen LogP contribution in [0.25, 0.3) is 0 Å². The van der Waals surface area contributed by atoms with Gasteiger partial charge in [-0.05, 0) is 50.2 Å². The summed E-state index contributed by atoms with van der Waals surface area (Å²) in [6, 6.07) is 12.3. The molecule has 2 N–H and O–H groups in total. The molecular formula is C22H28N4O5S. The first-order valence-electron chi connectivity index (χ1n) is 9.89. The molecule has 0 saturated heterocycles. The van der Waals surface area contributed by atoms with Crippen LogP contribution >= 0.6 is 0 Å². The zero-order valence-electron chi connectivity index (χ0n) is 18.7. The van der Waals surface area contributed by atoms with E-state index in [0.717, 1.165) is 10.6 Å². The predicted molar refractivity (Wildman–Crippen MR) is 124 cm³/mol. The lowest BCUT2D eigenvalue weighted by atomic mass is 10.1. The van der Waals surface area contributed by atoms with Gasteiger partial charge in [-0.15, -0.1) is 0 Å². The maximum atomic E-state index is 12.7. The standard InChI is InChI=1S/C22H28N4O5S/c1-15(2)23-21(28)18-8-6-7-9-19(18)24-20(27)14-26(32(5,30)31)17-12-10-16(11-13-17)22(29)25(3)4/h6-13,15H,14H2,1-5H3,(H,23,28)(H,24,27). The van der Waals surface area contributed by atoms with Gasteiger partial charge >= 0.3 is 0 Å². The Labute approximate surface area is 188 Å². The van der Waals surface area contributed by atoms with Gasteiger partial charge in [-0.1, -0.05) is 12.1 Å². The molecule has 2 aromatic carbocycles. The number of nitrogens with zero attached hydrogens (tertiary/aromatic N) is 2. The van der Waals surface area contributed by atoms with E-state index in [2.05, 4.69) is 10.6 Å². The smallest absolute Gasteiger partial charge is 0.253 e. The van der Waals surface area contributed by atoms with Crippen LogP contribution in [0, 0.1) is 0 Å². The SMILES string of the molecule is CC(C)NC(=O)c1ccccc1NC(=O)CN(c1ccc(C(=O)N(C)C)cc1)S(C)(=O)=O. The lowest BCUT2D eigenvalue weighted by Gasteiger charge is -2.22. The highest BCUT2D eigenvalue weighted by atomic mass is 32.2. The third-order valence-corrected chi connectivity index (χ3v) is 5.50. The van der Waals surface area contributed by atoms with Crippen LogP contribution in [0.2, 0.25) is 0 Å². The number of anilines is 2. The Hall–Kier alpha value is -3.40. The van der Waals surface area contributed by atoms with Crippen LogP contribution in [0.4, 0.5) is 11.4 Å². The topological polar surface area (TPSA) is 116 Å². The summed E-state index contributed by atoms with van der Waals surface area (Å²) in [4.78, 5) is 38.6. The number of nitrogens with one attached hydrogen (secondary N) is 2. The van der Waals surface area contributed by atoms with E-state index in [4.69, 9.17) is 0 Å². The van der Waals surface area contributed by atoms with Crippen LogP contribution in [0.15, 0.2) is 48.5 Å². The Morgan fingerprint density at radius 1 is 0.969 bits per heavy atom. The van der Waals surface area contributed by atoms with E-state index in [1.165, 1.54) is 29.2 Å². The third-order valence-electron chi connectivity index (χ3n) is 4.36. The lowest BCUT2D eigenvalue weighted by molar-refractivity contribution is -0.114. The van der Waals surface area contributed by atoms with Crippen molar-refractivity contribution >= 4 is 39.1 Å². The number of hydrogen-bond donors (Lipinski definition) is 2. The molecule has 0 aliphatic carbocycles. The summed E-state index contributed by atoms with van der Waals surface area (Å²) in [6.45, 7) is 3.14. The van der Waals surface area contributed by atoms with Gasteiger partial charge in [0.2, 0.25) is 15.9 Å². The molecular weight excluding hydrogens is 432 g/mol. The van der Waals surface area contributed by atoms with Crippen molar-refractivity contribution in [3.8, 4) is 0 Å². The van der Waals surface area contributed by atoms with E-state index in [1.807, 2.05) is 13.8 Å². The molecule has 0 saturated carbocycles. The Morgan fingerprint density at radius 3 is 2.09 bits per heavy atom. The molecule has 0 spiro atoms. The van der Waals surface area contributed by atoms with Gasteiger partial charge in [0, 0.05) is 25.7 Å². The predicted octanol–water partition coefficient (Wildman–Crippen LogP) is 1.93. The van der Waals surface area contributed by atoms with Crippen molar-refractivity contribution in [3.05, 3.63) is 59.7 Å². The van der Waals surface area contributed by atoms with Gasteiger partial charge in [0.25, 0.3) is 11.8 Å². The highest BCUT2D eigenvalue weighted by molar-refractivity contribution is 7.92. The Kier molecular flexibility index (Phi) is 7.98. The molecule has 0 aliphatic heterocycles. The molecule has 3 amide bonds. The lowest BCUT2D eigenvalue weighted by Crippen LogP contribution is -2.38. The summed E-state index contributed by atoms with van der Waals surface area (Å²) in [5, 5.41) is 5.37. The van der Waals surface area contributed by atoms with Gasteiger partial charge in [-0.3, -0.25) is 18.7 Å². The number of carbonyl (C=O) groups excluding carboxylic acids is 3. The second-order valence-corrected chi connectivity index (χ2v) is 9.64. The van der Waals surface area contributed by atoms with Crippen molar-refractivity contribution in [2.45, 2.75) is 19.9 Å². The summed E-state index contributed by atoms with van der Waals surface area (Å²) >= 11 is 0. The maximum Gasteiger partial charge on any atom is 0.253 e. The largest absolute Gasteiger partial charge is 0.350 e. The van der Waals surface area contributed by atoms with Gasteiger partial charge < -0.3 is 15.5 Å². The van der Waals surface area contributed by atoms with Crippen LogP contribution in [0.5, 0.6) is 0 Å². The third kappa shape index (κ3) is 6.55. The number of carbonyl (C=O) groups is 3. The van der Waals surface area contributed by atoms with E-state index in [-0.39, 0.29) is 34.8 Å². The van der Waals surface area contributed by atoms with Crippen LogP contribution < -0.4 is 14.9 Å². The zero-order valence-corrected chi connectivity index (χ0v) is 19.6. The second-order valence-electron chi connectivity index (χ2n) is 7.74. The number of rotatable bonds is 8. The van der Waals surface area contributed by atoms with Crippen LogP contribution in [-0.2, 0) is 14.8 Å². The van der Waals surface area contributed by atoms with Gasteiger partial charge in [-0.25, -0.2) is 8.42 Å². The number of sulfonamides is 1. The fourth-order valence-corrected chi connectivity index (χ4v) is 3.74. The molecule has 0 aromatic heterocycles. The second kappa shape index (κ2) is 10.3. The average Bonchev–Trinajstić information content (AvgIpc) is 2.70. The molecule has 0 unspecified atom stereocenters. The molecule has 0 fully saturated rings. The minimum absolute atomic E-state index is 0.0886. The van der Waals surface area contributed by atoms with Crippen LogP contribution in [0.1, 0.15) is 34.6 Å². The van der Waals surface area contributed by atoms with Crippen molar-refractivity contribution in [1.29, 1.82) is 0 Å². The van der Waals surface area contributed by atoms with Gasteiger partial charge in [0.1, 0.15) is 6.54 Å². The fourth-order valence-electron chi connectivity index (χ4n) is 2.88. The average molecular weight is 461 g/mol. The molecule has 10 heteroatoms. The highest BCUT2D eigenvalue weighted by Crippen LogP contribution is 2.20. The monoisotopic (exact) mass is 460 g/mol. The first kappa shape index (κ1) is 24.9. The van der Waals surface area contributed by atoms with Crippen molar-refractivity contribution < 1.29 is 22.8 Å². The first-order valence-corrected chi connectivity index (χ1v) is 11.7. The summed E-state index contributed by atoms with van der Waals surface area (Å²) in [5.41, 5.74) is 1.17. The minimum Gasteiger partial charge on any atom is -0.350 e.